The summed E-state index contributed by atoms with van der Waals surface area (Å²) in [5.74, 6) is 0.966. The third kappa shape index (κ3) is 2.26. The van der Waals surface area contributed by atoms with Crippen LogP contribution >= 0.6 is 0 Å². The van der Waals surface area contributed by atoms with Crippen molar-refractivity contribution in [2.75, 3.05) is 23.7 Å². The minimum atomic E-state index is 0.556. The van der Waals surface area contributed by atoms with Crippen LogP contribution in [-0.2, 0) is 7.05 Å². The van der Waals surface area contributed by atoms with Crippen LogP contribution in [0.1, 0.15) is 39.5 Å². The first-order chi connectivity index (χ1) is 8.10. The summed E-state index contributed by atoms with van der Waals surface area (Å²) in [5, 5.41) is 4.45. The quantitative estimate of drug-likeness (QED) is 0.876. The summed E-state index contributed by atoms with van der Waals surface area (Å²) in [4.78, 5) is 2.33. The van der Waals surface area contributed by atoms with Gasteiger partial charge in [-0.2, -0.15) is 5.10 Å². The van der Waals surface area contributed by atoms with E-state index in [1.165, 1.54) is 25.7 Å². The molecule has 1 aliphatic heterocycles. The molecule has 0 amide bonds. The number of piperidine rings is 1. The zero-order valence-corrected chi connectivity index (χ0v) is 11.2. The lowest BCUT2D eigenvalue weighted by atomic mass is 9.74. The number of nitrogen functional groups attached to an aromatic ring is 1. The summed E-state index contributed by atoms with van der Waals surface area (Å²) in [6.45, 7) is 6.80. The molecule has 4 heteroatoms. The van der Waals surface area contributed by atoms with Crippen molar-refractivity contribution < 1.29 is 0 Å². The Balaban J connectivity index is 2.06. The molecular formula is C13H24N4. The molecule has 0 atom stereocenters. The summed E-state index contributed by atoms with van der Waals surface area (Å²) in [7, 11) is 1.92. The predicted molar refractivity (Wildman–Crippen MR) is 72.1 cm³/mol. The Hall–Kier alpha value is -1.19. The highest BCUT2D eigenvalue weighted by molar-refractivity contribution is 5.61. The summed E-state index contributed by atoms with van der Waals surface area (Å²) in [6, 6.07) is 0. The van der Waals surface area contributed by atoms with Gasteiger partial charge in [-0.25, -0.2) is 0 Å². The Labute approximate surface area is 104 Å². The molecule has 1 aromatic heterocycles. The lowest BCUT2D eigenvalue weighted by molar-refractivity contribution is 0.199. The highest BCUT2D eigenvalue weighted by Gasteiger charge is 2.32. The second-order valence-corrected chi connectivity index (χ2v) is 5.28. The molecule has 96 valence electrons. The van der Waals surface area contributed by atoms with Crippen LogP contribution in [0.15, 0.2) is 6.20 Å². The lowest BCUT2D eigenvalue weighted by Crippen LogP contribution is -2.40. The molecule has 0 unspecified atom stereocenters. The molecule has 0 spiro atoms. The number of nitrogens with zero attached hydrogens (tertiary/aromatic N) is 3. The molecule has 0 saturated carbocycles. The Morgan fingerprint density at radius 3 is 2.29 bits per heavy atom. The standard InChI is InChI=1S/C13H24N4/c1-4-13(5-2)6-8-17(9-7-13)12-11(14)10-16(3)15-12/h10H,4-9,14H2,1-3H3. The highest BCUT2D eigenvalue weighted by atomic mass is 15.3. The van der Waals surface area contributed by atoms with Gasteiger partial charge in [0.15, 0.2) is 5.82 Å². The van der Waals surface area contributed by atoms with Crippen LogP contribution in [0.2, 0.25) is 0 Å². The van der Waals surface area contributed by atoms with E-state index < -0.39 is 0 Å². The molecule has 1 fully saturated rings. The van der Waals surface area contributed by atoms with Gasteiger partial charge in [-0.1, -0.05) is 26.7 Å². The van der Waals surface area contributed by atoms with E-state index >= 15 is 0 Å². The van der Waals surface area contributed by atoms with E-state index in [1.54, 1.807) is 4.68 Å². The van der Waals surface area contributed by atoms with Gasteiger partial charge in [0.25, 0.3) is 0 Å². The van der Waals surface area contributed by atoms with Crippen molar-refractivity contribution >= 4 is 11.5 Å². The van der Waals surface area contributed by atoms with Gasteiger partial charge in [-0.3, -0.25) is 4.68 Å². The molecule has 0 radical (unpaired) electrons. The zero-order chi connectivity index (χ0) is 12.5. The normalized spacial score (nSPS) is 19.6. The number of hydrogen-bond donors (Lipinski definition) is 1. The predicted octanol–water partition coefficient (Wildman–Crippen LogP) is 2.41. The average Bonchev–Trinajstić information content (AvgIpc) is 2.69. The van der Waals surface area contributed by atoms with Crippen LogP contribution in [0.5, 0.6) is 0 Å². The van der Waals surface area contributed by atoms with Crippen LogP contribution < -0.4 is 10.6 Å². The molecule has 0 aromatic carbocycles. The van der Waals surface area contributed by atoms with Gasteiger partial charge in [-0.05, 0) is 18.3 Å². The molecule has 2 rings (SSSR count). The second-order valence-electron chi connectivity index (χ2n) is 5.28. The van der Waals surface area contributed by atoms with E-state index in [2.05, 4.69) is 23.8 Å². The summed E-state index contributed by atoms with van der Waals surface area (Å²) in [6.07, 6.45) is 6.98. The molecule has 2 heterocycles. The van der Waals surface area contributed by atoms with E-state index in [4.69, 9.17) is 5.73 Å². The van der Waals surface area contributed by atoms with E-state index in [0.717, 1.165) is 24.6 Å². The van der Waals surface area contributed by atoms with Crippen molar-refractivity contribution in [3.8, 4) is 0 Å². The lowest BCUT2D eigenvalue weighted by Gasteiger charge is -2.41. The van der Waals surface area contributed by atoms with Crippen molar-refractivity contribution in [1.29, 1.82) is 0 Å². The van der Waals surface area contributed by atoms with Crippen LogP contribution in [0.3, 0.4) is 0 Å². The minimum absolute atomic E-state index is 0.556. The number of aromatic nitrogens is 2. The van der Waals surface area contributed by atoms with Gasteiger partial charge in [0.2, 0.25) is 0 Å². The zero-order valence-electron chi connectivity index (χ0n) is 11.2. The van der Waals surface area contributed by atoms with E-state index in [0.29, 0.717) is 5.41 Å². The van der Waals surface area contributed by atoms with Crippen LogP contribution in [0, 0.1) is 5.41 Å². The Bertz CT molecular complexity index is 369. The van der Waals surface area contributed by atoms with Crippen LogP contribution in [0.25, 0.3) is 0 Å². The number of anilines is 2. The maximum Gasteiger partial charge on any atom is 0.173 e. The molecule has 1 aromatic rings. The first-order valence-corrected chi connectivity index (χ1v) is 6.64. The molecule has 1 aliphatic rings. The summed E-state index contributed by atoms with van der Waals surface area (Å²) >= 11 is 0. The third-order valence-corrected chi connectivity index (χ3v) is 4.46. The molecular weight excluding hydrogens is 212 g/mol. The molecule has 17 heavy (non-hydrogen) atoms. The average molecular weight is 236 g/mol. The number of nitrogens with two attached hydrogens (primary N) is 1. The van der Waals surface area contributed by atoms with Crippen molar-refractivity contribution in [3.63, 3.8) is 0 Å². The number of rotatable bonds is 3. The number of hydrogen-bond acceptors (Lipinski definition) is 3. The Kier molecular flexibility index (Phi) is 3.31. The summed E-state index contributed by atoms with van der Waals surface area (Å²) < 4.78 is 1.80. The molecule has 0 aliphatic carbocycles. The van der Waals surface area contributed by atoms with E-state index in [1.807, 2.05) is 13.2 Å². The Morgan fingerprint density at radius 2 is 1.88 bits per heavy atom. The fraction of sp³-hybridized carbons (Fsp3) is 0.769. The molecule has 0 bridgehead atoms. The maximum atomic E-state index is 5.98. The molecule has 4 nitrogen and oxygen atoms in total. The third-order valence-electron chi connectivity index (χ3n) is 4.46. The highest BCUT2D eigenvalue weighted by Crippen LogP contribution is 2.39. The number of aryl methyl sites for hydroxylation is 1. The Morgan fingerprint density at radius 1 is 1.29 bits per heavy atom. The first kappa shape index (κ1) is 12.3. The van der Waals surface area contributed by atoms with E-state index in [-0.39, 0.29) is 0 Å². The molecule has 2 N–H and O–H groups in total. The first-order valence-electron chi connectivity index (χ1n) is 6.64. The van der Waals surface area contributed by atoms with Crippen LogP contribution in [-0.4, -0.2) is 22.9 Å². The van der Waals surface area contributed by atoms with Gasteiger partial charge in [0.1, 0.15) is 0 Å². The van der Waals surface area contributed by atoms with Gasteiger partial charge < -0.3 is 10.6 Å². The van der Waals surface area contributed by atoms with Crippen molar-refractivity contribution in [2.45, 2.75) is 39.5 Å². The van der Waals surface area contributed by atoms with Gasteiger partial charge in [0.05, 0.1) is 5.69 Å². The topological polar surface area (TPSA) is 47.1 Å². The van der Waals surface area contributed by atoms with Gasteiger partial charge in [-0.15, -0.1) is 0 Å². The largest absolute Gasteiger partial charge is 0.394 e. The van der Waals surface area contributed by atoms with Gasteiger partial charge in [0, 0.05) is 26.3 Å². The van der Waals surface area contributed by atoms with E-state index in [9.17, 15) is 0 Å². The SMILES string of the molecule is CCC1(CC)CCN(c2nn(C)cc2N)CC1. The second kappa shape index (κ2) is 4.59. The van der Waals surface area contributed by atoms with Gasteiger partial charge >= 0.3 is 0 Å². The monoisotopic (exact) mass is 236 g/mol. The molecule has 1 saturated heterocycles. The fourth-order valence-electron chi connectivity index (χ4n) is 2.89. The van der Waals surface area contributed by atoms with Crippen molar-refractivity contribution in [2.24, 2.45) is 12.5 Å². The minimum Gasteiger partial charge on any atom is -0.394 e. The van der Waals surface area contributed by atoms with Crippen LogP contribution in [0.4, 0.5) is 11.5 Å². The smallest absolute Gasteiger partial charge is 0.173 e. The van der Waals surface area contributed by atoms with Crippen molar-refractivity contribution in [1.82, 2.24) is 9.78 Å². The summed E-state index contributed by atoms with van der Waals surface area (Å²) in [5.41, 5.74) is 7.33. The maximum absolute atomic E-state index is 5.98. The van der Waals surface area contributed by atoms with Crippen molar-refractivity contribution in [3.05, 3.63) is 6.20 Å². The fourth-order valence-corrected chi connectivity index (χ4v) is 2.89.